The molecule has 11 heteroatoms. The third kappa shape index (κ3) is 3.87. The van der Waals surface area contributed by atoms with E-state index in [0.717, 1.165) is 0 Å². The third-order valence-corrected chi connectivity index (χ3v) is 6.59. The van der Waals surface area contributed by atoms with Crippen LogP contribution in [0.15, 0.2) is 0 Å². The average molecular weight is 375 g/mol. The zero-order chi connectivity index (χ0) is 18.2. The van der Waals surface area contributed by atoms with E-state index in [2.05, 4.69) is 0 Å². The van der Waals surface area contributed by atoms with Crippen molar-refractivity contribution in [3.05, 3.63) is 0 Å². The zero-order valence-corrected chi connectivity index (χ0v) is 14.5. The van der Waals surface area contributed by atoms with Gasteiger partial charge in [-0.25, -0.2) is 13.2 Å². The molecule has 3 aliphatic heterocycles. The minimum absolute atomic E-state index is 0.0726. The number of fused-ring (bicyclic) bond motifs is 1. The summed E-state index contributed by atoms with van der Waals surface area (Å²) in [4.78, 5) is 39.6. The molecular formula is C14H21N3O7S. The number of carbonyl (C=O) groups excluding carboxylic acids is 2. The Labute approximate surface area is 145 Å². The van der Waals surface area contributed by atoms with Gasteiger partial charge in [-0.05, 0) is 0 Å². The van der Waals surface area contributed by atoms with Crippen LogP contribution in [0.4, 0.5) is 4.79 Å². The molecule has 0 aromatic heterocycles. The fourth-order valence-electron chi connectivity index (χ4n) is 3.67. The lowest BCUT2D eigenvalue weighted by atomic mass is 10.0. The molecule has 1 N–H and O–H groups in total. The van der Waals surface area contributed by atoms with Gasteiger partial charge in [0.05, 0.1) is 30.5 Å². The van der Waals surface area contributed by atoms with Crippen molar-refractivity contribution in [2.75, 3.05) is 50.8 Å². The first-order valence-electron chi connectivity index (χ1n) is 8.14. The van der Waals surface area contributed by atoms with Gasteiger partial charge in [0, 0.05) is 25.7 Å². The highest BCUT2D eigenvalue weighted by molar-refractivity contribution is 7.91. The lowest BCUT2D eigenvalue weighted by Crippen LogP contribution is -2.62. The molecule has 0 aromatic carbocycles. The predicted molar refractivity (Wildman–Crippen MR) is 84.7 cm³/mol. The number of aliphatic carboxylic acids is 1. The maximum atomic E-state index is 12.6. The second-order valence-electron chi connectivity index (χ2n) is 6.51. The zero-order valence-electron chi connectivity index (χ0n) is 13.7. The number of piperazine rings is 1. The van der Waals surface area contributed by atoms with E-state index in [1.54, 1.807) is 0 Å². The van der Waals surface area contributed by atoms with E-state index in [0.29, 0.717) is 19.6 Å². The quantitative estimate of drug-likeness (QED) is 0.598. The fraction of sp³-hybridized carbons (Fsp3) is 0.786. The van der Waals surface area contributed by atoms with Crippen LogP contribution in [0.25, 0.3) is 0 Å². The molecule has 2 atom stereocenters. The first kappa shape index (κ1) is 17.9. The summed E-state index contributed by atoms with van der Waals surface area (Å²) in [5.74, 6) is -1.45. The third-order valence-electron chi connectivity index (χ3n) is 4.90. The molecule has 0 unspecified atom stereocenters. The van der Waals surface area contributed by atoms with Gasteiger partial charge in [0.2, 0.25) is 5.91 Å². The number of rotatable bonds is 5. The summed E-state index contributed by atoms with van der Waals surface area (Å²) in [5.41, 5.74) is 0. The van der Waals surface area contributed by atoms with Crippen molar-refractivity contribution in [1.29, 1.82) is 0 Å². The number of amides is 2. The van der Waals surface area contributed by atoms with E-state index < -0.39 is 34.0 Å². The van der Waals surface area contributed by atoms with E-state index in [9.17, 15) is 22.8 Å². The Bertz CT molecular complexity index is 680. The number of carboxylic acid groups (broad SMARTS) is 1. The molecule has 0 aromatic rings. The SMILES string of the molecule is O=C(O)CCN1CCN(C(=O)CN2CCOC2=O)[C@H]2CS(=O)(=O)C[C@H]21. The van der Waals surface area contributed by atoms with Crippen molar-refractivity contribution in [2.24, 2.45) is 0 Å². The number of carbonyl (C=O) groups is 3. The Kier molecular flexibility index (Phi) is 4.87. The number of hydrogen-bond donors (Lipinski definition) is 1. The maximum absolute atomic E-state index is 12.6. The molecule has 0 bridgehead atoms. The van der Waals surface area contributed by atoms with Crippen molar-refractivity contribution in [3.8, 4) is 0 Å². The number of carboxylic acids is 1. The maximum Gasteiger partial charge on any atom is 0.410 e. The highest BCUT2D eigenvalue weighted by atomic mass is 32.2. The second-order valence-corrected chi connectivity index (χ2v) is 8.67. The highest BCUT2D eigenvalue weighted by Crippen LogP contribution is 2.27. The second kappa shape index (κ2) is 6.79. The molecule has 0 radical (unpaired) electrons. The lowest BCUT2D eigenvalue weighted by Gasteiger charge is -2.44. The van der Waals surface area contributed by atoms with E-state index in [1.165, 1.54) is 9.80 Å². The molecule has 3 fully saturated rings. The van der Waals surface area contributed by atoms with Gasteiger partial charge in [0.25, 0.3) is 0 Å². The van der Waals surface area contributed by atoms with Gasteiger partial charge in [0.1, 0.15) is 13.2 Å². The summed E-state index contributed by atoms with van der Waals surface area (Å²) < 4.78 is 29.0. The summed E-state index contributed by atoms with van der Waals surface area (Å²) in [7, 11) is -3.29. The Hall–Kier alpha value is -1.88. The summed E-state index contributed by atoms with van der Waals surface area (Å²) >= 11 is 0. The number of ether oxygens (including phenoxy) is 1. The summed E-state index contributed by atoms with van der Waals surface area (Å²) in [5, 5.41) is 8.85. The van der Waals surface area contributed by atoms with Crippen molar-refractivity contribution >= 4 is 27.8 Å². The summed E-state index contributed by atoms with van der Waals surface area (Å²) in [6, 6.07) is -0.897. The largest absolute Gasteiger partial charge is 0.481 e. The van der Waals surface area contributed by atoms with Crippen LogP contribution in [0, 0.1) is 0 Å². The van der Waals surface area contributed by atoms with Gasteiger partial charge in [-0.2, -0.15) is 0 Å². The molecule has 2 amide bonds. The number of sulfone groups is 1. The van der Waals surface area contributed by atoms with Gasteiger partial charge < -0.3 is 14.7 Å². The smallest absolute Gasteiger partial charge is 0.410 e. The molecule has 3 aliphatic rings. The number of nitrogens with zero attached hydrogens (tertiary/aromatic N) is 3. The van der Waals surface area contributed by atoms with Gasteiger partial charge in [-0.3, -0.25) is 19.4 Å². The van der Waals surface area contributed by atoms with Crippen LogP contribution in [0.3, 0.4) is 0 Å². The van der Waals surface area contributed by atoms with Crippen molar-refractivity contribution in [2.45, 2.75) is 18.5 Å². The highest BCUT2D eigenvalue weighted by Gasteiger charge is 2.48. The minimum Gasteiger partial charge on any atom is -0.481 e. The molecule has 0 saturated carbocycles. The molecule has 3 rings (SSSR count). The molecule has 10 nitrogen and oxygen atoms in total. The first-order valence-corrected chi connectivity index (χ1v) is 9.96. The van der Waals surface area contributed by atoms with Crippen LogP contribution in [0.5, 0.6) is 0 Å². The monoisotopic (exact) mass is 375 g/mol. The van der Waals surface area contributed by atoms with Gasteiger partial charge in [0.15, 0.2) is 9.84 Å². The molecule has 140 valence electrons. The number of hydrogen-bond acceptors (Lipinski definition) is 7. The Balaban J connectivity index is 1.70. The molecule has 3 saturated heterocycles. The van der Waals surface area contributed by atoms with Crippen LogP contribution in [-0.4, -0.2) is 109 Å². The van der Waals surface area contributed by atoms with Gasteiger partial charge in [-0.1, -0.05) is 0 Å². The van der Waals surface area contributed by atoms with Crippen LogP contribution in [0.2, 0.25) is 0 Å². The van der Waals surface area contributed by atoms with Crippen LogP contribution in [-0.2, 0) is 24.2 Å². The molecule has 0 aliphatic carbocycles. The van der Waals surface area contributed by atoms with Crippen LogP contribution >= 0.6 is 0 Å². The lowest BCUT2D eigenvalue weighted by molar-refractivity contribution is -0.140. The van der Waals surface area contributed by atoms with E-state index in [-0.39, 0.29) is 43.5 Å². The molecular weight excluding hydrogens is 354 g/mol. The summed E-state index contributed by atoms with van der Waals surface area (Å²) in [6.07, 6.45) is -0.611. The normalized spacial score (nSPS) is 28.7. The molecule has 25 heavy (non-hydrogen) atoms. The van der Waals surface area contributed by atoms with Gasteiger partial charge >= 0.3 is 12.1 Å². The Morgan fingerprint density at radius 1 is 1.16 bits per heavy atom. The minimum atomic E-state index is -3.29. The fourth-order valence-corrected chi connectivity index (χ4v) is 5.69. The van der Waals surface area contributed by atoms with Crippen molar-refractivity contribution in [3.63, 3.8) is 0 Å². The predicted octanol–water partition coefficient (Wildman–Crippen LogP) is -1.78. The number of cyclic esters (lactones) is 1. The van der Waals surface area contributed by atoms with Crippen molar-refractivity contribution < 1.29 is 32.6 Å². The average Bonchev–Trinajstić information content (AvgIpc) is 3.06. The molecule has 3 heterocycles. The molecule has 0 spiro atoms. The van der Waals surface area contributed by atoms with E-state index in [4.69, 9.17) is 9.84 Å². The topological polar surface area (TPSA) is 125 Å². The first-order chi connectivity index (χ1) is 11.8. The van der Waals surface area contributed by atoms with Crippen LogP contribution < -0.4 is 0 Å². The standard InChI is InChI=1S/C14H21N3O7S/c18-12(7-16-5-6-24-14(16)21)17-4-3-15(2-1-13(19)20)10-8-25(22,23)9-11(10)17/h10-11H,1-9H2,(H,19,20)/t10-,11+/m1/s1. The van der Waals surface area contributed by atoms with E-state index >= 15 is 0 Å². The Morgan fingerprint density at radius 3 is 2.52 bits per heavy atom. The van der Waals surface area contributed by atoms with Crippen LogP contribution in [0.1, 0.15) is 6.42 Å². The van der Waals surface area contributed by atoms with E-state index in [1.807, 2.05) is 4.90 Å². The van der Waals surface area contributed by atoms with Crippen molar-refractivity contribution in [1.82, 2.24) is 14.7 Å². The Morgan fingerprint density at radius 2 is 1.88 bits per heavy atom. The summed E-state index contributed by atoms with van der Waals surface area (Å²) in [6.45, 7) is 1.45. The van der Waals surface area contributed by atoms with Gasteiger partial charge in [-0.15, -0.1) is 0 Å².